The second kappa shape index (κ2) is 7.28. The zero-order chi connectivity index (χ0) is 12.7. The highest BCUT2D eigenvalue weighted by atomic mass is 79.9. The summed E-state index contributed by atoms with van der Waals surface area (Å²) in [5, 5.41) is 24.1. The Hall–Kier alpha value is -1.09. The zero-order valence-corrected chi connectivity index (χ0v) is 11.3. The molecule has 3 N–H and O–H groups in total. The predicted molar refractivity (Wildman–Crippen MR) is 71.9 cm³/mol. The number of hydrogen-bond donors (Lipinski definition) is 3. The molecular weight excluding hydrogens is 282 g/mol. The molecule has 0 aliphatic rings. The first-order valence-corrected chi connectivity index (χ1v) is 6.25. The van der Waals surface area contributed by atoms with E-state index in [1.54, 1.807) is 19.1 Å². The lowest BCUT2D eigenvalue weighted by atomic mass is 10.2. The Morgan fingerprint density at radius 2 is 2.24 bits per heavy atom. The van der Waals surface area contributed by atoms with Crippen LogP contribution in [0.1, 0.15) is 12.5 Å². The van der Waals surface area contributed by atoms with Crippen molar-refractivity contribution in [2.45, 2.75) is 13.0 Å². The van der Waals surface area contributed by atoms with Gasteiger partial charge in [-0.05, 0) is 41.1 Å². The van der Waals surface area contributed by atoms with Crippen molar-refractivity contribution in [3.8, 4) is 6.07 Å². The lowest BCUT2D eigenvalue weighted by molar-refractivity contribution is 0.192. The van der Waals surface area contributed by atoms with Crippen LogP contribution in [0.25, 0.3) is 0 Å². The quantitative estimate of drug-likeness (QED) is 0.699. The van der Waals surface area contributed by atoms with Gasteiger partial charge in [-0.1, -0.05) is 0 Å². The average molecular weight is 298 g/mol. The van der Waals surface area contributed by atoms with Crippen LogP contribution in [-0.2, 0) is 0 Å². The van der Waals surface area contributed by atoms with Gasteiger partial charge in [-0.2, -0.15) is 5.26 Å². The zero-order valence-electron chi connectivity index (χ0n) is 9.70. The molecule has 0 radical (unpaired) electrons. The first-order chi connectivity index (χ1) is 8.13. The molecule has 92 valence electrons. The number of aliphatic hydroxyl groups is 1. The summed E-state index contributed by atoms with van der Waals surface area (Å²) in [7, 11) is 0. The Morgan fingerprint density at radius 3 is 2.82 bits per heavy atom. The van der Waals surface area contributed by atoms with Gasteiger partial charge in [0.25, 0.3) is 0 Å². The van der Waals surface area contributed by atoms with Crippen molar-refractivity contribution < 1.29 is 5.11 Å². The van der Waals surface area contributed by atoms with Crippen LogP contribution in [0.4, 0.5) is 5.69 Å². The van der Waals surface area contributed by atoms with E-state index in [1.807, 2.05) is 6.07 Å². The lowest BCUT2D eigenvalue weighted by Gasteiger charge is -2.10. The van der Waals surface area contributed by atoms with E-state index in [0.29, 0.717) is 12.1 Å². The van der Waals surface area contributed by atoms with Gasteiger partial charge in [0, 0.05) is 29.8 Å². The van der Waals surface area contributed by atoms with Crippen LogP contribution in [0.2, 0.25) is 0 Å². The minimum absolute atomic E-state index is 0.323. The summed E-state index contributed by atoms with van der Waals surface area (Å²) in [5.74, 6) is 0. The smallest absolute Gasteiger partial charge is 0.0992 e. The average Bonchev–Trinajstić information content (AvgIpc) is 2.30. The molecule has 0 aromatic heterocycles. The maximum Gasteiger partial charge on any atom is 0.0992 e. The van der Waals surface area contributed by atoms with Crippen LogP contribution in [0.3, 0.4) is 0 Å². The molecule has 1 aromatic carbocycles. The maximum atomic E-state index is 9.05. The van der Waals surface area contributed by atoms with Gasteiger partial charge in [0.1, 0.15) is 0 Å². The third-order valence-electron chi connectivity index (χ3n) is 2.16. The van der Waals surface area contributed by atoms with E-state index < -0.39 is 0 Å². The van der Waals surface area contributed by atoms with Gasteiger partial charge in [-0.25, -0.2) is 0 Å². The highest BCUT2D eigenvalue weighted by Gasteiger charge is 2.00. The SMILES string of the molecule is CC(O)CNCCNc1ccc(C#N)cc1Br. The number of aliphatic hydroxyl groups excluding tert-OH is 1. The summed E-state index contributed by atoms with van der Waals surface area (Å²) in [6.45, 7) is 3.88. The van der Waals surface area contributed by atoms with E-state index in [4.69, 9.17) is 10.4 Å². The number of benzene rings is 1. The van der Waals surface area contributed by atoms with E-state index in [1.165, 1.54) is 0 Å². The molecule has 17 heavy (non-hydrogen) atoms. The van der Waals surface area contributed by atoms with Gasteiger partial charge >= 0.3 is 0 Å². The highest BCUT2D eigenvalue weighted by Crippen LogP contribution is 2.22. The Balaban J connectivity index is 2.35. The van der Waals surface area contributed by atoms with E-state index in [2.05, 4.69) is 32.6 Å². The fourth-order valence-corrected chi connectivity index (χ4v) is 1.84. The molecule has 1 atom stereocenters. The van der Waals surface area contributed by atoms with Crippen LogP contribution in [0.15, 0.2) is 22.7 Å². The summed E-state index contributed by atoms with van der Waals surface area (Å²) in [6.07, 6.45) is -0.323. The Bertz CT molecular complexity index is 401. The van der Waals surface area contributed by atoms with Crippen molar-refractivity contribution in [2.75, 3.05) is 25.0 Å². The van der Waals surface area contributed by atoms with Gasteiger partial charge in [-0.3, -0.25) is 0 Å². The van der Waals surface area contributed by atoms with Crippen LogP contribution >= 0.6 is 15.9 Å². The molecule has 0 saturated heterocycles. The van der Waals surface area contributed by atoms with Crippen molar-refractivity contribution in [3.63, 3.8) is 0 Å². The monoisotopic (exact) mass is 297 g/mol. The van der Waals surface area contributed by atoms with Gasteiger partial charge in [0.05, 0.1) is 17.7 Å². The minimum atomic E-state index is -0.323. The number of nitrogens with one attached hydrogen (secondary N) is 2. The summed E-state index contributed by atoms with van der Waals surface area (Å²) in [4.78, 5) is 0. The number of nitrogens with zero attached hydrogens (tertiary/aromatic N) is 1. The number of hydrogen-bond acceptors (Lipinski definition) is 4. The normalized spacial score (nSPS) is 11.9. The molecule has 5 heteroatoms. The summed E-state index contributed by atoms with van der Waals surface area (Å²) >= 11 is 3.41. The molecule has 0 aliphatic heterocycles. The van der Waals surface area contributed by atoms with E-state index in [0.717, 1.165) is 23.2 Å². The summed E-state index contributed by atoms with van der Waals surface area (Å²) in [5.41, 5.74) is 1.59. The lowest BCUT2D eigenvalue weighted by Crippen LogP contribution is -2.28. The number of halogens is 1. The van der Waals surface area contributed by atoms with Gasteiger partial charge in [0.15, 0.2) is 0 Å². The van der Waals surface area contributed by atoms with Crippen molar-refractivity contribution in [1.82, 2.24) is 5.32 Å². The number of anilines is 1. The Kier molecular flexibility index (Phi) is 5.98. The van der Waals surface area contributed by atoms with Crippen molar-refractivity contribution in [1.29, 1.82) is 5.26 Å². The van der Waals surface area contributed by atoms with Crippen molar-refractivity contribution >= 4 is 21.6 Å². The summed E-state index contributed by atoms with van der Waals surface area (Å²) < 4.78 is 0.882. The molecule has 0 fully saturated rings. The topological polar surface area (TPSA) is 68.1 Å². The highest BCUT2D eigenvalue weighted by molar-refractivity contribution is 9.10. The number of rotatable bonds is 6. The number of nitriles is 1. The van der Waals surface area contributed by atoms with Gasteiger partial charge < -0.3 is 15.7 Å². The fourth-order valence-electron chi connectivity index (χ4n) is 1.32. The summed E-state index contributed by atoms with van der Waals surface area (Å²) in [6, 6.07) is 7.52. The first kappa shape index (κ1) is 14.0. The third-order valence-corrected chi connectivity index (χ3v) is 2.81. The van der Waals surface area contributed by atoms with E-state index in [9.17, 15) is 0 Å². The molecule has 0 heterocycles. The molecule has 1 rings (SSSR count). The molecule has 4 nitrogen and oxygen atoms in total. The minimum Gasteiger partial charge on any atom is -0.392 e. The Labute approximate surface area is 110 Å². The first-order valence-electron chi connectivity index (χ1n) is 5.46. The van der Waals surface area contributed by atoms with Crippen molar-refractivity contribution in [2.24, 2.45) is 0 Å². The van der Waals surface area contributed by atoms with Crippen LogP contribution in [0, 0.1) is 11.3 Å². The van der Waals surface area contributed by atoms with Crippen LogP contribution in [0.5, 0.6) is 0 Å². The van der Waals surface area contributed by atoms with E-state index in [-0.39, 0.29) is 6.10 Å². The largest absolute Gasteiger partial charge is 0.392 e. The third kappa shape index (κ3) is 5.18. The fraction of sp³-hybridized carbons (Fsp3) is 0.417. The van der Waals surface area contributed by atoms with Gasteiger partial charge in [-0.15, -0.1) is 0 Å². The second-order valence-electron chi connectivity index (χ2n) is 3.79. The second-order valence-corrected chi connectivity index (χ2v) is 4.64. The molecule has 0 spiro atoms. The molecule has 1 unspecified atom stereocenters. The van der Waals surface area contributed by atoms with Crippen LogP contribution < -0.4 is 10.6 Å². The Morgan fingerprint density at radius 1 is 1.47 bits per heavy atom. The molecule has 1 aromatic rings. The predicted octanol–water partition coefficient (Wildman–Crippen LogP) is 1.70. The van der Waals surface area contributed by atoms with Crippen LogP contribution in [-0.4, -0.2) is 30.8 Å². The molecule has 0 saturated carbocycles. The molecule has 0 aliphatic carbocycles. The molecule has 0 amide bonds. The van der Waals surface area contributed by atoms with Gasteiger partial charge in [0.2, 0.25) is 0 Å². The van der Waals surface area contributed by atoms with E-state index >= 15 is 0 Å². The maximum absolute atomic E-state index is 9.05. The molecule has 0 bridgehead atoms. The van der Waals surface area contributed by atoms with Crippen molar-refractivity contribution in [3.05, 3.63) is 28.2 Å². The molecular formula is C12H16BrN3O. The standard InChI is InChI=1S/C12H16BrN3O/c1-9(17)8-15-4-5-16-12-3-2-10(7-14)6-11(12)13/h2-3,6,9,15-17H,4-5,8H2,1H3.